The predicted molar refractivity (Wildman–Crippen MR) is 116 cm³/mol. The van der Waals surface area contributed by atoms with Crippen molar-refractivity contribution in [3.8, 4) is 0 Å². The molecule has 2 aromatic rings. The molecule has 2 unspecified atom stereocenters. The summed E-state index contributed by atoms with van der Waals surface area (Å²) in [7, 11) is -3.73. The van der Waals surface area contributed by atoms with Crippen molar-refractivity contribution in [1.29, 1.82) is 0 Å². The van der Waals surface area contributed by atoms with Crippen LogP contribution in [0, 0.1) is 12.8 Å². The van der Waals surface area contributed by atoms with Crippen LogP contribution in [0.25, 0.3) is 0 Å². The van der Waals surface area contributed by atoms with Gasteiger partial charge < -0.3 is 10.6 Å². The minimum Gasteiger partial charge on any atom is -0.325 e. The summed E-state index contributed by atoms with van der Waals surface area (Å²) in [5.74, 6) is -1.76. The van der Waals surface area contributed by atoms with Crippen LogP contribution in [0.4, 0.5) is 11.4 Å². The van der Waals surface area contributed by atoms with Crippen LogP contribution in [-0.2, 0) is 19.4 Å². The lowest BCUT2D eigenvalue weighted by Gasteiger charge is -2.22. The number of sulfone groups is 1. The van der Waals surface area contributed by atoms with E-state index in [0.29, 0.717) is 16.4 Å². The van der Waals surface area contributed by atoms with Crippen molar-refractivity contribution in [2.45, 2.75) is 35.8 Å². The number of thioether (sulfide) groups is 1. The van der Waals surface area contributed by atoms with Crippen molar-refractivity contribution < 1.29 is 18.0 Å². The molecule has 154 valence electrons. The van der Waals surface area contributed by atoms with Gasteiger partial charge in [0, 0.05) is 10.8 Å². The fourth-order valence-electron chi connectivity index (χ4n) is 2.86. The monoisotopic (exact) mass is 452 g/mol. The number of benzene rings is 2. The van der Waals surface area contributed by atoms with Crippen LogP contribution < -0.4 is 10.6 Å². The van der Waals surface area contributed by atoms with Crippen LogP contribution >= 0.6 is 23.4 Å². The fourth-order valence-corrected chi connectivity index (χ4v) is 5.65. The first kappa shape index (κ1) is 21.7. The highest BCUT2D eigenvalue weighted by Crippen LogP contribution is 2.37. The number of amides is 2. The number of fused-ring (bicyclic) bond motifs is 1. The molecule has 29 heavy (non-hydrogen) atoms. The lowest BCUT2D eigenvalue weighted by atomic mass is 10.2. The fraction of sp³-hybridized carbons (Fsp3) is 0.300. The van der Waals surface area contributed by atoms with Crippen molar-refractivity contribution in [3.05, 3.63) is 47.0 Å². The number of carbonyl (C=O) groups excluding carboxylic acids is 2. The number of hydrogen-bond acceptors (Lipinski definition) is 5. The van der Waals surface area contributed by atoms with Gasteiger partial charge in [0.25, 0.3) is 0 Å². The van der Waals surface area contributed by atoms with Crippen LogP contribution in [0.3, 0.4) is 0 Å². The summed E-state index contributed by atoms with van der Waals surface area (Å²) in [5.41, 5.74) is 1.87. The van der Waals surface area contributed by atoms with E-state index in [-0.39, 0.29) is 21.8 Å². The largest absolute Gasteiger partial charge is 0.325 e. The Hall–Kier alpha value is -2.03. The van der Waals surface area contributed by atoms with Gasteiger partial charge in [-0.2, -0.15) is 0 Å². The molecule has 2 amide bonds. The first-order valence-electron chi connectivity index (χ1n) is 8.98. The molecule has 2 atom stereocenters. The molecule has 0 aliphatic carbocycles. The van der Waals surface area contributed by atoms with Crippen LogP contribution in [0.1, 0.15) is 19.4 Å². The molecule has 0 bridgehead atoms. The summed E-state index contributed by atoms with van der Waals surface area (Å²) in [6.07, 6.45) is 0. The Kier molecular flexibility index (Phi) is 6.26. The van der Waals surface area contributed by atoms with E-state index in [1.165, 1.54) is 23.9 Å². The second-order valence-corrected chi connectivity index (χ2v) is 10.9. The molecule has 0 aromatic heterocycles. The third kappa shape index (κ3) is 4.94. The summed E-state index contributed by atoms with van der Waals surface area (Å²) < 4.78 is 25.6. The maximum absolute atomic E-state index is 12.8. The molecule has 0 saturated heterocycles. The first-order chi connectivity index (χ1) is 13.6. The summed E-state index contributed by atoms with van der Waals surface area (Å²) >= 11 is 7.51. The normalized spacial score (nSPS) is 17.2. The van der Waals surface area contributed by atoms with Gasteiger partial charge in [-0.1, -0.05) is 24.6 Å². The molecule has 1 heterocycles. The number of anilines is 2. The van der Waals surface area contributed by atoms with Gasteiger partial charge in [-0.15, -0.1) is 11.8 Å². The Morgan fingerprint density at radius 2 is 2.00 bits per heavy atom. The van der Waals surface area contributed by atoms with Crippen molar-refractivity contribution >= 4 is 56.4 Å². The maximum atomic E-state index is 12.8. The van der Waals surface area contributed by atoms with E-state index in [1.807, 2.05) is 13.0 Å². The van der Waals surface area contributed by atoms with E-state index in [9.17, 15) is 18.0 Å². The van der Waals surface area contributed by atoms with Crippen LogP contribution in [0.15, 0.2) is 46.2 Å². The number of carbonyl (C=O) groups is 2. The molecular formula is C20H21ClN2O4S2. The molecule has 6 nitrogen and oxygen atoms in total. The zero-order valence-corrected chi connectivity index (χ0v) is 18.5. The maximum Gasteiger partial charge on any atom is 0.237 e. The Balaban J connectivity index is 1.74. The molecule has 0 radical (unpaired) electrons. The third-order valence-corrected chi connectivity index (χ3v) is 7.94. The summed E-state index contributed by atoms with van der Waals surface area (Å²) in [5, 5.41) is 5.56. The van der Waals surface area contributed by atoms with Gasteiger partial charge in [0.15, 0.2) is 9.84 Å². The van der Waals surface area contributed by atoms with E-state index in [0.717, 1.165) is 10.5 Å². The predicted octanol–water partition coefficient (Wildman–Crippen LogP) is 4.13. The lowest BCUT2D eigenvalue weighted by molar-refractivity contribution is -0.119. The van der Waals surface area contributed by atoms with Gasteiger partial charge in [0.05, 0.1) is 32.3 Å². The topological polar surface area (TPSA) is 92.3 Å². The third-order valence-electron chi connectivity index (χ3n) is 4.54. The van der Waals surface area contributed by atoms with E-state index in [4.69, 9.17) is 11.6 Å². The van der Waals surface area contributed by atoms with Gasteiger partial charge >= 0.3 is 0 Å². The highest BCUT2D eigenvalue weighted by molar-refractivity contribution is 8.01. The van der Waals surface area contributed by atoms with Crippen LogP contribution in [-0.4, -0.2) is 31.2 Å². The zero-order chi connectivity index (χ0) is 21.3. The van der Waals surface area contributed by atoms with E-state index in [1.54, 1.807) is 32.0 Å². The van der Waals surface area contributed by atoms with Gasteiger partial charge in [-0.25, -0.2) is 8.42 Å². The smallest absolute Gasteiger partial charge is 0.237 e. The summed E-state index contributed by atoms with van der Waals surface area (Å²) in [6.45, 7) is 5.22. The average molecular weight is 453 g/mol. The Labute approximate surface area is 179 Å². The molecule has 0 fully saturated rings. The van der Waals surface area contributed by atoms with Crippen molar-refractivity contribution in [2.24, 2.45) is 5.92 Å². The van der Waals surface area contributed by atoms with Crippen molar-refractivity contribution in [1.82, 2.24) is 0 Å². The quantitative estimate of drug-likeness (QED) is 0.711. The summed E-state index contributed by atoms with van der Waals surface area (Å²) in [4.78, 5) is 25.2. The Morgan fingerprint density at radius 3 is 2.69 bits per heavy atom. The Bertz CT molecular complexity index is 1090. The highest BCUT2D eigenvalue weighted by atomic mass is 35.5. The Morgan fingerprint density at radius 1 is 1.28 bits per heavy atom. The van der Waals surface area contributed by atoms with Gasteiger partial charge in [0.1, 0.15) is 0 Å². The standard InChI is InChI=1S/C20H21ClN2O4S2/c1-11-4-6-16(15(21)8-11)22-19(24)12(2)10-29(26,27)14-5-7-18-17(9-14)23-20(25)13(3)28-18/h4-9,12-13H,10H2,1-3H3,(H,22,24)(H,23,25). The van der Waals surface area contributed by atoms with Gasteiger partial charge in [-0.05, 0) is 49.7 Å². The average Bonchev–Trinajstić information content (AvgIpc) is 2.64. The molecule has 3 rings (SSSR count). The SMILES string of the molecule is Cc1ccc(NC(=O)C(C)CS(=O)(=O)c2ccc3c(c2)NC(=O)C(C)S3)c(Cl)c1. The van der Waals surface area contributed by atoms with Gasteiger partial charge in [-0.3, -0.25) is 9.59 Å². The van der Waals surface area contributed by atoms with Crippen molar-refractivity contribution in [3.63, 3.8) is 0 Å². The minimum atomic E-state index is -3.73. The molecule has 9 heteroatoms. The molecule has 2 N–H and O–H groups in total. The van der Waals surface area contributed by atoms with E-state index in [2.05, 4.69) is 10.6 Å². The zero-order valence-electron chi connectivity index (χ0n) is 16.2. The summed E-state index contributed by atoms with van der Waals surface area (Å²) in [6, 6.07) is 9.85. The molecular weight excluding hydrogens is 432 g/mol. The second kappa shape index (κ2) is 8.38. The van der Waals surface area contributed by atoms with Gasteiger partial charge in [0.2, 0.25) is 11.8 Å². The lowest BCUT2D eigenvalue weighted by Crippen LogP contribution is -2.28. The second-order valence-electron chi connectivity index (χ2n) is 7.06. The molecule has 2 aromatic carbocycles. The molecule has 1 aliphatic rings. The van der Waals surface area contributed by atoms with Crippen LogP contribution in [0.2, 0.25) is 5.02 Å². The number of aryl methyl sites for hydroxylation is 1. The molecule has 1 aliphatic heterocycles. The number of halogens is 1. The number of rotatable bonds is 5. The minimum absolute atomic E-state index is 0.0692. The first-order valence-corrected chi connectivity index (χ1v) is 11.9. The van der Waals surface area contributed by atoms with E-state index >= 15 is 0 Å². The molecule has 0 saturated carbocycles. The molecule has 0 spiro atoms. The van der Waals surface area contributed by atoms with Crippen LogP contribution in [0.5, 0.6) is 0 Å². The van der Waals surface area contributed by atoms with E-state index < -0.39 is 21.7 Å². The van der Waals surface area contributed by atoms with Crippen molar-refractivity contribution in [2.75, 3.05) is 16.4 Å². The number of hydrogen-bond donors (Lipinski definition) is 2. The number of nitrogens with one attached hydrogen (secondary N) is 2. The highest BCUT2D eigenvalue weighted by Gasteiger charge is 2.27.